The van der Waals surface area contributed by atoms with Gasteiger partial charge in [0, 0.05) is 24.1 Å². The van der Waals surface area contributed by atoms with E-state index in [0.29, 0.717) is 10.7 Å². The minimum absolute atomic E-state index is 0.208. The van der Waals surface area contributed by atoms with Crippen LogP contribution in [0.15, 0.2) is 53.8 Å². The summed E-state index contributed by atoms with van der Waals surface area (Å²) in [7, 11) is 0. The SMILES string of the molecule is O=C(Nc1ccc(-n2ccnc2)c(Cl)c1)c1ccon1. The second-order valence-electron chi connectivity index (χ2n) is 3.97. The lowest BCUT2D eigenvalue weighted by Gasteiger charge is -2.08. The molecule has 1 N–H and O–H groups in total. The molecule has 2 aromatic heterocycles. The first-order chi connectivity index (χ1) is 9.74. The Kier molecular flexibility index (Phi) is 3.22. The van der Waals surface area contributed by atoms with Crippen LogP contribution < -0.4 is 5.32 Å². The molecule has 1 amide bonds. The van der Waals surface area contributed by atoms with E-state index in [9.17, 15) is 4.79 Å². The van der Waals surface area contributed by atoms with Crippen LogP contribution in [0.3, 0.4) is 0 Å². The molecule has 0 unspecified atom stereocenters. The summed E-state index contributed by atoms with van der Waals surface area (Å²) in [5.74, 6) is -0.356. The molecule has 0 saturated carbocycles. The molecular formula is C13H9ClN4O2. The molecule has 100 valence electrons. The quantitative estimate of drug-likeness (QED) is 0.804. The largest absolute Gasteiger partial charge is 0.364 e. The summed E-state index contributed by atoms with van der Waals surface area (Å²) in [5.41, 5.74) is 1.57. The van der Waals surface area contributed by atoms with Gasteiger partial charge in [-0.1, -0.05) is 16.8 Å². The van der Waals surface area contributed by atoms with Crippen LogP contribution in [-0.2, 0) is 0 Å². The number of aromatic nitrogens is 3. The van der Waals surface area contributed by atoms with E-state index in [4.69, 9.17) is 11.6 Å². The third-order valence-corrected chi connectivity index (χ3v) is 2.96. The first kappa shape index (κ1) is 12.4. The number of nitrogens with one attached hydrogen (secondary N) is 1. The summed E-state index contributed by atoms with van der Waals surface area (Å²) in [6.07, 6.45) is 6.43. The smallest absolute Gasteiger partial charge is 0.277 e. The molecule has 0 bridgehead atoms. The number of carbonyl (C=O) groups is 1. The van der Waals surface area contributed by atoms with E-state index in [-0.39, 0.29) is 11.6 Å². The Morgan fingerprint density at radius 1 is 1.35 bits per heavy atom. The Labute approximate surface area is 119 Å². The van der Waals surface area contributed by atoms with Gasteiger partial charge < -0.3 is 14.4 Å². The van der Waals surface area contributed by atoms with Gasteiger partial charge in [0.05, 0.1) is 17.0 Å². The second-order valence-corrected chi connectivity index (χ2v) is 4.38. The van der Waals surface area contributed by atoms with Gasteiger partial charge >= 0.3 is 0 Å². The van der Waals surface area contributed by atoms with Crippen molar-refractivity contribution in [2.75, 3.05) is 5.32 Å². The van der Waals surface area contributed by atoms with Crippen LogP contribution in [0.1, 0.15) is 10.5 Å². The van der Waals surface area contributed by atoms with E-state index in [1.807, 2.05) is 0 Å². The highest BCUT2D eigenvalue weighted by atomic mass is 35.5. The average molecular weight is 289 g/mol. The number of amides is 1. The summed E-state index contributed by atoms with van der Waals surface area (Å²) in [6, 6.07) is 6.69. The van der Waals surface area contributed by atoms with Crippen LogP contribution >= 0.6 is 11.6 Å². The van der Waals surface area contributed by atoms with Gasteiger partial charge in [-0.3, -0.25) is 4.79 Å². The van der Waals surface area contributed by atoms with E-state index in [2.05, 4.69) is 20.0 Å². The van der Waals surface area contributed by atoms with Gasteiger partial charge in [-0.05, 0) is 18.2 Å². The summed E-state index contributed by atoms with van der Waals surface area (Å²) in [5, 5.41) is 6.75. The lowest BCUT2D eigenvalue weighted by molar-refractivity contribution is 0.101. The standard InChI is InChI=1S/C13H9ClN4O2/c14-10-7-9(16-13(19)11-3-6-20-17-11)1-2-12(10)18-5-4-15-8-18/h1-8H,(H,16,19). The van der Waals surface area contributed by atoms with Crippen molar-refractivity contribution in [3.8, 4) is 5.69 Å². The van der Waals surface area contributed by atoms with Crippen LogP contribution in [0, 0.1) is 0 Å². The first-order valence-electron chi connectivity index (χ1n) is 5.73. The third kappa shape index (κ3) is 2.41. The van der Waals surface area contributed by atoms with Gasteiger partial charge in [-0.2, -0.15) is 0 Å². The molecule has 2 heterocycles. The topological polar surface area (TPSA) is 73.0 Å². The predicted octanol–water partition coefficient (Wildman–Crippen LogP) is 2.77. The van der Waals surface area contributed by atoms with Crippen molar-refractivity contribution in [1.82, 2.24) is 14.7 Å². The maximum atomic E-state index is 11.8. The van der Waals surface area contributed by atoms with E-state index in [0.717, 1.165) is 5.69 Å². The van der Waals surface area contributed by atoms with Crippen LogP contribution in [-0.4, -0.2) is 20.6 Å². The lowest BCUT2D eigenvalue weighted by atomic mass is 10.2. The normalized spacial score (nSPS) is 10.4. The fourth-order valence-corrected chi connectivity index (χ4v) is 2.00. The molecule has 0 aliphatic rings. The molecule has 0 spiro atoms. The molecule has 0 saturated heterocycles. The Morgan fingerprint density at radius 3 is 2.90 bits per heavy atom. The van der Waals surface area contributed by atoms with Gasteiger partial charge in [0.25, 0.3) is 5.91 Å². The number of halogens is 1. The molecule has 6 nitrogen and oxygen atoms in total. The Hall–Kier alpha value is -2.60. The zero-order valence-electron chi connectivity index (χ0n) is 10.2. The lowest BCUT2D eigenvalue weighted by Crippen LogP contribution is -2.12. The molecule has 0 radical (unpaired) electrons. The van der Waals surface area contributed by atoms with Crippen molar-refractivity contribution in [3.05, 3.63) is 60.0 Å². The maximum Gasteiger partial charge on any atom is 0.277 e. The molecule has 1 aromatic carbocycles. The van der Waals surface area contributed by atoms with Crippen molar-refractivity contribution in [1.29, 1.82) is 0 Å². The van der Waals surface area contributed by atoms with Gasteiger partial charge in [0.2, 0.25) is 0 Å². The zero-order valence-corrected chi connectivity index (χ0v) is 10.9. The van der Waals surface area contributed by atoms with Crippen LogP contribution in [0.5, 0.6) is 0 Å². The van der Waals surface area contributed by atoms with E-state index < -0.39 is 0 Å². The molecule has 0 atom stereocenters. The van der Waals surface area contributed by atoms with Gasteiger partial charge in [-0.15, -0.1) is 0 Å². The monoisotopic (exact) mass is 288 g/mol. The van der Waals surface area contributed by atoms with Gasteiger partial charge in [-0.25, -0.2) is 4.98 Å². The number of nitrogens with zero attached hydrogens (tertiary/aromatic N) is 3. The fraction of sp³-hybridized carbons (Fsp3) is 0. The Morgan fingerprint density at radius 2 is 2.25 bits per heavy atom. The molecule has 20 heavy (non-hydrogen) atoms. The number of imidazole rings is 1. The van der Waals surface area contributed by atoms with Crippen molar-refractivity contribution >= 4 is 23.2 Å². The van der Waals surface area contributed by atoms with Crippen molar-refractivity contribution < 1.29 is 9.32 Å². The number of carbonyl (C=O) groups excluding carboxylic acids is 1. The first-order valence-corrected chi connectivity index (χ1v) is 6.11. The Balaban J connectivity index is 1.82. The zero-order chi connectivity index (χ0) is 13.9. The third-order valence-electron chi connectivity index (χ3n) is 2.66. The maximum absolute atomic E-state index is 11.8. The van der Waals surface area contributed by atoms with Crippen LogP contribution in [0.4, 0.5) is 5.69 Å². The number of benzene rings is 1. The number of hydrogen-bond donors (Lipinski definition) is 1. The van der Waals surface area contributed by atoms with Crippen molar-refractivity contribution in [2.24, 2.45) is 0 Å². The highest BCUT2D eigenvalue weighted by molar-refractivity contribution is 6.32. The molecule has 0 aliphatic carbocycles. The predicted molar refractivity (Wildman–Crippen MR) is 73.0 cm³/mol. The van der Waals surface area contributed by atoms with Crippen LogP contribution in [0.25, 0.3) is 5.69 Å². The summed E-state index contributed by atoms with van der Waals surface area (Å²) < 4.78 is 6.40. The van der Waals surface area contributed by atoms with Crippen molar-refractivity contribution in [2.45, 2.75) is 0 Å². The van der Waals surface area contributed by atoms with E-state index >= 15 is 0 Å². The summed E-state index contributed by atoms with van der Waals surface area (Å²) in [4.78, 5) is 15.8. The minimum atomic E-state index is -0.356. The number of anilines is 1. The fourth-order valence-electron chi connectivity index (χ4n) is 1.72. The van der Waals surface area contributed by atoms with E-state index in [1.165, 1.54) is 12.3 Å². The van der Waals surface area contributed by atoms with Gasteiger partial charge in [0.15, 0.2) is 5.69 Å². The van der Waals surface area contributed by atoms with Gasteiger partial charge in [0.1, 0.15) is 6.26 Å². The number of hydrogen-bond acceptors (Lipinski definition) is 4. The minimum Gasteiger partial charge on any atom is -0.364 e. The summed E-state index contributed by atoms with van der Waals surface area (Å²) in [6.45, 7) is 0. The van der Waals surface area contributed by atoms with E-state index in [1.54, 1.807) is 41.5 Å². The Bertz CT molecular complexity index is 723. The highest BCUT2D eigenvalue weighted by Gasteiger charge is 2.10. The molecular weight excluding hydrogens is 280 g/mol. The highest BCUT2D eigenvalue weighted by Crippen LogP contribution is 2.24. The summed E-state index contributed by atoms with van der Waals surface area (Å²) >= 11 is 6.20. The average Bonchev–Trinajstić information content (AvgIpc) is 3.12. The second kappa shape index (κ2) is 5.18. The molecule has 0 fully saturated rings. The molecule has 3 aromatic rings. The van der Waals surface area contributed by atoms with Crippen LogP contribution in [0.2, 0.25) is 5.02 Å². The number of rotatable bonds is 3. The molecule has 0 aliphatic heterocycles. The van der Waals surface area contributed by atoms with Crippen molar-refractivity contribution in [3.63, 3.8) is 0 Å². The molecule has 7 heteroatoms. The molecule has 3 rings (SSSR count).